The number of rotatable bonds is 2. The molecular weight excluding hydrogens is 226 g/mol. The van der Waals surface area contributed by atoms with E-state index in [2.05, 4.69) is 10.6 Å². The van der Waals surface area contributed by atoms with Crippen molar-refractivity contribution in [2.45, 2.75) is 32.7 Å². The number of carbonyl (C=O) groups is 1. The van der Waals surface area contributed by atoms with Gasteiger partial charge in [-0.05, 0) is 32.3 Å². The maximum absolute atomic E-state index is 12.2. The smallest absolute Gasteiger partial charge is 0.340 e. The minimum absolute atomic E-state index is 0.177. The number of hydrogen-bond acceptors (Lipinski definition) is 2. The fourth-order valence-electron chi connectivity index (χ4n) is 2.86. The lowest BCUT2D eigenvalue weighted by atomic mass is 10.1. The fourth-order valence-corrected chi connectivity index (χ4v) is 2.86. The van der Waals surface area contributed by atoms with Gasteiger partial charge in [0.15, 0.2) is 0 Å². The van der Waals surface area contributed by atoms with Gasteiger partial charge in [-0.2, -0.15) is 0 Å². The second-order valence-electron chi connectivity index (χ2n) is 4.67. The van der Waals surface area contributed by atoms with Gasteiger partial charge in [-0.1, -0.05) is 18.2 Å². The third-order valence-corrected chi connectivity index (χ3v) is 3.60. The highest BCUT2D eigenvalue weighted by molar-refractivity contribution is 6.06. The van der Waals surface area contributed by atoms with Crippen LogP contribution in [0.2, 0.25) is 0 Å². The first-order chi connectivity index (χ1) is 8.83. The molecule has 0 spiro atoms. The van der Waals surface area contributed by atoms with Crippen LogP contribution in [0.15, 0.2) is 24.3 Å². The number of ether oxygens (including phenoxy) is 1. The van der Waals surface area contributed by atoms with E-state index in [4.69, 9.17) is 4.74 Å². The van der Waals surface area contributed by atoms with Crippen LogP contribution < -0.4 is 0 Å². The Morgan fingerprint density at radius 3 is 3.00 bits per heavy atom. The summed E-state index contributed by atoms with van der Waals surface area (Å²) in [6.07, 6.45) is 3.32. The van der Waals surface area contributed by atoms with Gasteiger partial charge in [-0.25, -0.2) is 4.79 Å². The van der Waals surface area contributed by atoms with E-state index >= 15 is 0 Å². The number of nitrogens with zero attached hydrogens (tertiary/aromatic N) is 1. The fraction of sp³-hybridized carbons (Fsp3) is 0.400. The van der Waals surface area contributed by atoms with Crippen LogP contribution >= 0.6 is 0 Å². The number of benzene rings is 1. The molecule has 0 saturated heterocycles. The van der Waals surface area contributed by atoms with Crippen molar-refractivity contribution in [3.05, 3.63) is 35.5 Å². The topological polar surface area (TPSA) is 31.2 Å². The van der Waals surface area contributed by atoms with Crippen molar-refractivity contribution in [2.24, 2.45) is 0 Å². The Hall–Kier alpha value is -1.77. The highest BCUT2D eigenvalue weighted by Gasteiger charge is 2.24. The first-order valence-corrected chi connectivity index (χ1v) is 6.60. The highest BCUT2D eigenvalue weighted by atomic mass is 16.5. The average Bonchev–Trinajstić information content (AvgIpc) is 2.73. The van der Waals surface area contributed by atoms with Crippen LogP contribution in [0, 0.1) is 0 Å². The van der Waals surface area contributed by atoms with E-state index in [1.807, 2.05) is 25.1 Å². The molecule has 0 amide bonds. The molecular formula is C15H17NO2. The van der Waals surface area contributed by atoms with Crippen molar-refractivity contribution >= 4 is 16.9 Å². The molecule has 1 aliphatic heterocycles. The summed E-state index contributed by atoms with van der Waals surface area (Å²) >= 11 is 0. The third-order valence-electron chi connectivity index (χ3n) is 3.60. The van der Waals surface area contributed by atoms with E-state index in [1.165, 1.54) is 6.42 Å². The number of fused-ring (bicyclic) bond motifs is 3. The van der Waals surface area contributed by atoms with Gasteiger partial charge in [-0.3, -0.25) is 0 Å². The number of aryl methyl sites for hydroxylation is 1. The lowest BCUT2D eigenvalue weighted by Gasteiger charge is -2.16. The zero-order valence-electron chi connectivity index (χ0n) is 10.6. The molecule has 2 aromatic rings. The summed E-state index contributed by atoms with van der Waals surface area (Å²) in [5.74, 6) is -0.177. The van der Waals surface area contributed by atoms with Gasteiger partial charge in [0.2, 0.25) is 0 Å². The predicted molar refractivity (Wildman–Crippen MR) is 70.8 cm³/mol. The Balaban J connectivity index is 2.25. The molecule has 3 rings (SSSR count). The molecule has 0 N–H and O–H groups in total. The Kier molecular flexibility index (Phi) is 2.82. The Labute approximate surface area is 106 Å². The Morgan fingerprint density at radius 1 is 1.33 bits per heavy atom. The third kappa shape index (κ3) is 1.62. The van der Waals surface area contributed by atoms with Crippen LogP contribution in [0.4, 0.5) is 0 Å². The number of aromatic nitrogens is 1. The molecule has 0 radical (unpaired) electrons. The monoisotopic (exact) mass is 243 g/mol. The summed E-state index contributed by atoms with van der Waals surface area (Å²) in [7, 11) is 0. The Morgan fingerprint density at radius 2 is 2.17 bits per heavy atom. The van der Waals surface area contributed by atoms with E-state index < -0.39 is 0 Å². The Bertz CT molecular complexity index is 598. The quantitative estimate of drug-likeness (QED) is 0.759. The van der Waals surface area contributed by atoms with Crippen molar-refractivity contribution < 1.29 is 9.53 Å². The molecule has 1 aliphatic rings. The SMILES string of the molecule is CCOC(=O)c1c2n(c3ccccc13)CCCC2. The van der Waals surface area contributed by atoms with Crippen molar-refractivity contribution in [1.82, 2.24) is 4.57 Å². The molecule has 0 fully saturated rings. The van der Waals surface area contributed by atoms with Crippen LogP contribution in [0.3, 0.4) is 0 Å². The molecule has 2 heterocycles. The summed E-state index contributed by atoms with van der Waals surface area (Å²) in [5.41, 5.74) is 3.10. The van der Waals surface area contributed by atoms with Gasteiger partial charge in [0.1, 0.15) is 0 Å². The molecule has 0 bridgehead atoms. The van der Waals surface area contributed by atoms with Crippen LogP contribution in [0.1, 0.15) is 35.8 Å². The van der Waals surface area contributed by atoms with Crippen molar-refractivity contribution in [3.8, 4) is 0 Å². The number of hydrogen-bond donors (Lipinski definition) is 0. The van der Waals surface area contributed by atoms with Gasteiger partial charge in [0, 0.05) is 23.1 Å². The first-order valence-electron chi connectivity index (χ1n) is 6.60. The molecule has 3 nitrogen and oxygen atoms in total. The van der Waals surface area contributed by atoms with Crippen molar-refractivity contribution in [3.63, 3.8) is 0 Å². The largest absolute Gasteiger partial charge is 0.462 e. The molecule has 1 aromatic heterocycles. The minimum Gasteiger partial charge on any atom is -0.462 e. The molecule has 0 saturated carbocycles. The van der Waals surface area contributed by atoms with E-state index in [0.29, 0.717) is 6.61 Å². The molecule has 0 atom stereocenters. The molecule has 3 heteroatoms. The number of esters is 1. The minimum atomic E-state index is -0.177. The highest BCUT2D eigenvalue weighted by Crippen LogP contribution is 2.31. The summed E-state index contributed by atoms with van der Waals surface area (Å²) in [6.45, 7) is 3.29. The maximum Gasteiger partial charge on any atom is 0.340 e. The average molecular weight is 243 g/mol. The van der Waals surface area contributed by atoms with Crippen LogP contribution in [-0.2, 0) is 17.7 Å². The summed E-state index contributed by atoms with van der Waals surface area (Å²) in [6, 6.07) is 8.12. The summed E-state index contributed by atoms with van der Waals surface area (Å²) in [5, 5.41) is 1.04. The molecule has 94 valence electrons. The second-order valence-corrected chi connectivity index (χ2v) is 4.67. The van der Waals surface area contributed by atoms with Crippen molar-refractivity contribution in [1.29, 1.82) is 0 Å². The van der Waals surface area contributed by atoms with Gasteiger partial charge in [0.25, 0.3) is 0 Å². The number of para-hydroxylation sites is 1. The maximum atomic E-state index is 12.2. The van der Waals surface area contributed by atoms with Gasteiger partial charge >= 0.3 is 5.97 Å². The zero-order chi connectivity index (χ0) is 12.5. The van der Waals surface area contributed by atoms with E-state index in [0.717, 1.165) is 41.5 Å². The van der Waals surface area contributed by atoms with E-state index in [-0.39, 0.29) is 5.97 Å². The normalized spacial score (nSPS) is 14.5. The molecule has 0 unspecified atom stereocenters. The summed E-state index contributed by atoms with van der Waals surface area (Å²) in [4.78, 5) is 12.2. The van der Waals surface area contributed by atoms with E-state index in [9.17, 15) is 4.79 Å². The standard InChI is InChI=1S/C15H17NO2/c1-2-18-15(17)14-11-7-3-4-8-12(11)16-10-6-5-9-13(14)16/h3-4,7-8H,2,5-6,9-10H2,1H3. The molecule has 18 heavy (non-hydrogen) atoms. The summed E-state index contributed by atoms with van der Waals surface area (Å²) < 4.78 is 7.49. The van der Waals surface area contributed by atoms with Crippen molar-refractivity contribution in [2.75, 3.05) is 6.61 Å². The van der Waals surface area contributed by atoms with Crippen LogP contribution in [0.5, 0.6) is 0 Å². The number of carbonyl (C=O) groups excluding carboxylic acids is 1. The lowest BCUT2D eigenvalue weighted by Crippen LogP contribution is -2.14. The van der Waals surface area contributed by atoms with Gasteiger partial charge in [0.05, 0.1) is 12.2 Å². The van der Waals surface area contributed by atoms with E-state index in [1.54, 1.807) is 0 Å². The zero-order valence-corrected chi connectivity index (χ0v) is 10.6. The first kappa shape index (κ1) is 11.3. The van der Waals surface area contributed by atoms with Crippen LogP contribution in [-0.4, -0.2) is 17.1 Å². The predicted octanol–water partition coefficient (Wildman–Crippen LogP) is 3.15. The molecule has 1 aromatic carbocycles. The van der Waals surface area contributed by atoms with Gasteiger partial charge in [-0.15, -0.1) is 0 Å². The lowest BCUT2D eigenvalue weighted by molar-refractivity contribution is 0.0526. The van der Waals surface area contributed by atoms with Gasteiger partial charge < -0.3 is 9.30 Å². The molecule has 0 aliphatic carbocycles. The van der Waals surface area contributed by atoms with Crippen LogP contribution in [0.25, 0.3) is 10.9 Å². The second kappa shape index (κ2) is 4.48.